The van der Waals surface area contributed by atoms with Crippen LogP contribution in [0.3, 0.4) is 0 Å². The molecule has 0 aromatic heterocycles. The summed E-state index contributed by atoms with van der Waals surface area (Å²) >= 11 is 9.14. The number of carbonyl (C=O) groups excluding carboxylic acids is 1. The number of nitrogens with two attached hydrogens (primary N) is 1. The summed E-state index contributed by atoms with van der Waals surface area (Å²) in [4.78, 5) is 11.7. The summed E-state index contributed by atoms with van der Waals surface area (Å²) in [5, 5.41) is 3.29. The fourth-order valence-electron chi connectivity index (χ4n) is 1.16. The van der Waals surface area contributed by atoms with Crippen LogP contribution in [0.4, 0.5) is 0 Å². The van der Waals surface area contributed by atoms with E-state index < -0.39 is 0 Å². The molecule has 3 nitrogen and oxygen atoms in total. The van der Waals surface area contributed by atoms with Crippen LogP contribution in [-0.2, 0) is 0 Å². The summed E-state index contributed by atoms with van der Waals surface area (Å²) < 4.78 is 0.782. The average molecular weight is 306 g/mol. The van der Waals surface area contributed by atoms with Crippen molar-refractivity contribution < 1.29 is 4.79 Å². The van der Waals surface area contributed by atoms with Crippen molar-refractivity contribution in [3.63, 3.8) is 0 Å². The second-order valence-corrected chi connectivity index (χ2v) is 4.89. The molecule has 5 heteroatoms. The van der Waals surface area contributed by atoms with Gasteiger partial charge in [-0.25, -0.2) is 0 Å². The van der Waals surface area contributed by atoms with Crippen LogP contribution in [0.25, 0.3) is 0 Å². The summed E-state index contributed by atoms with van der Waals surface area (Å²) in [6.45, 7) is 2.45. The van der Waals surface area contributed by atoms with Gasteiger partial charge in [-0.2, -0.15) is 0 Å². The van der Waals surface area contributed by atoms with Crippen LogP contribution in [0.5, 0.6) is 0 Å². The molecule has 1 rings (SSSR count). The Kier molecular flexibility index (Phi) is 5.25. The third-order valence-electron chi connectivity index (χ3n) is 2.17. The van der Waals surface area contributed by atoms with Gasteiger partial charge in [-0.3, -0.25) is 4.79 Å². The second kappa shape index (κ2) is 6.23. The predicted octanol–water partition coefficient (Wildman–Crippen LogP) is 2.57. The predicted molar refractivity (Wildman–Crippen MR) is 69.8 cm³/mol. The van der Waals surface area contributed by atoms with Crippen molar-refractivity contribution in [2.75, 3.05) is 6.54 Å². The molecule has 0 aliphatic rings. The van der Waals surface area contributed by atoms with Gasteiger partial charge in [0, 0.05) is 27.6 Å². The first-order valence-corrected chi connectivity index (χ1v) is 6.20. The lowest BCUT2D eigenvalue weighted by Crippen LogP contribution is -2.36. The first-order valence-electron chi connectivity index (χ1n) is 5.02. The number of carbonyl (C=O) groups is 1. The van der Waals surface area contributed by atoms with Gasteiger partial charge in [0.1, 0.15) is 0 Å². The van der Waals surface area contributed by atoms with E-state index >= 15 is 0 Å². The van der Waals surface area contributed by atoms with Gasteiger partial charge in [0.15, 0.2) is 0 Å². The van der Waals surface area contributed by atoms with E-state index in [1.807, 2.05) is 6.92 Å². The molecule has 1 atom stereocenters. The van der Waals surface area contributed by atoms with E-state index in [4.69, 9.17) is 17.3 Å². The summed E-state index contributed by atoms with van der Waals surface area (Å²) in [5.74, 6) is -0.160. The Bertz CT molecular complexity index is 364. The molecule has 16 heavy (non-hydrogen) atoms. The molecular weight excluding hydrogens is 291 g/mol. The quantitative estimate of drug-likeness (QED) is 0.898. The Morgan fingerprint density at radius 3 is 2.81 bits per heavy atom. The second-order valence-electron chi connectivity index (χ2n) is 3.54. The van der Waals surface area contributed by atoms with Crippen LogP contribution in [0, 0.1) is 0 Å². The van der Waals surface area contributed by atoms with Crippen LogP contribution in [-0.4, -0.2) is 18.5 Å². The molecule has 88 valence electrons. The highest BCUT2D eigenvalue weighted by Crippen LogP contribution is 2.19. The molecule has 0 spiro atoms. The normalized spacial score (nSPS) is 12.2. The van der Waals surface area contributed by atoms with Gasteiger partial charge in [0.2, 0.25) is 0 Å². The fourth-order valence-corrected chi connectivity index (χ4v) is 2.02. The maximum Gasteiger partial charge on any atom is 0.251 e. The SMILES string of the molecule is CCC(N)CNC(=O)c1cc(Cl)cc(Br)c1. The Hall–Kier alpha value is -0.580. The molecule has 0 heterocycles. The lowest BCUT2D eigenvalue weighted by Gasteiger charge is -2.10. The highest BCUT2D eigenvalue weighted by Gasteiger charge is 2.08. The molecule has 0 bridgehead atoms. The van der Waals surface area contributed by atoms with Crippen LogP contribution in [0.15, 0.2) is 22.7 Å². The standard InChI is InChI=1S/C11H14BrClN2O/c1-2-10(14)6-15-11(16)7-3-8(12)5-9(13)4-7/h3-5,10H,2,6,14H2,1H3,(H,15,16). The van der Waals surface area contributed by atoms with Crippen molar-refractivity contribution in [3.05, 3.63) is 33.3 Å². The molecule has 1 unspecified atom stereocenters. The summed E-state index contributed by atoms with van der Waals surface area (Å²) in [6.07, 6.45) is 0.833. The Balaban J connectivity index is 2.66. The zero-order valence-corrected chi connectivity index (χ0v) is 11.3. The van der Waals surface area contributed by atoms with Crippen LogP contribution >= 0.6 is 27.5 Å². The molecule has 0 radical (unpaired) electrons. The summed E-state index contributed by atoms with van der Waals surface area (Å²) in [7, 11) is 0. The van der Waals surface area contributed by atoms with Gasteiger partial charge in [-0.15, -0.1) is 0 Å². The molecule has 0 aliphatic carbocycles. The lowest BCUT2D eigenvalue weighted by molar-refractivity contribution is 0.0951. The van der Waals surface area contributed by atoms with Crippen LogP contribution in [0.2, 0.25) is 5.02 Å². The zero-order chi connectivity index (χ0) is 12.1. The van der Waals surface area contributed by atoms with E-state index in [-0.39, 0.29) is 11.9 Å². The molecule has 3 N–H and O–H groups in total. The average Bonchev–Trinajstić information content (AvgIpc) is 2.23. The molecule has 1 aromatic rings. The summed E-state index contributed by atoms with van der Waals surface area (Å²) in [6, 6.07) is 5.07. The van der Waals surface area contributed by atoms with Gasteiger partial charge < -0.3 is 11.1 Å². The fraction of sp³-hybridized carbons (Fsp3) is 0.364. The van der Waals surface area contributed by atoms with E-state index in [0.29, 0.717) is 17.1 Å². The number of hydrogen-bond donors (Lipinski definition) is 2. The van der Waals surface area contributed by atoms with Gasteiger partial charge >= 0.3 is 0 Å². The van der Waals surface area contributed by atoms with Crippen molar-refractivity contribution in [3.8, 4) is 0 Å². The number of amides is 1. The largest absolute Gasteiger partial charge is 0.350 e. The third kappa shape index (κ3) is 4.12. The van der Waals surface area contributed by atoms with E-state index in [0.717, 1.165) is 10.9 Å². The van der Waals surface area contributed by atoms with E-state index in [9.17, 15) is 4.79 Å². The van der Waals surface area contributed by atoms with Crippen LogP contribution in [0.1, 0.15) is 23.7 Å². The number of hydrogen-bond acceptors (Lipinski definition) is 2. The molecule has 1 amide bonds. The minimum Gasteiger partial charge on any atom is -0.350 e. The van der Waals surface area contributed by atoms with Crippen molar-refractivity contribution in [2.24, 2.45) is 5.73 Å². The maximum atomic E-state index is 11.7. The van der Waals surface area contributed by atoms with E-state index in [1.54, 1.807) is 18.2 Å². The minimum absolute atomic E-state index is 0.00780. The number of benzene rings is 1. The van der Waals surface area contributed by atoms with Crippen molar-refractivity contribution in [1.29, 1.82) is 0 Å². The Labute approximate surface area is 108 Å². The van der Waals surface area contributed by atoms with Gasteiger partial charge in [0.05, 0.1) is 0 Å². The third-order valence-corrected chi connectivity index (χ3v) is 2.85. The number of halogens is 2. The summed E-state index contributed by atoms with van der Waals surface area (Å²) in [5.41, 5.74) is 6.24. The zero-order valence-electron chi connectivity index (χ0n) is 8.97. The van der Waals surface area contributed by atoms with Gasteiger partial charge in [-0.05, 0) is 24.6 Å². The monoisotopic (exact) mass is 304 g/mol. The smallest absolute Gasteiger partial charge is 0.251 e. The van der Waals surface area contributed by atoms with E-state index in [2.05, 4.69) is 21.2 Å². The highest BCUT2D eigenvalue weighted by molar-refractivity contribution is 9.10. The Morgan fingerprint density at radius 2 is 2.25 bits per heavy atom. The molecule has 0 fully saturated rings. The van der Waals surface area contributed by atoms with Gasteiger partial charge in [0.25, 0.3) is 5.91 Å². The molecule has 0 aliphatic heterocycles. The van der Waals surface area contributed by atoms with Gasteiger partial charge in [-0.1, -0.05) is 34.5 Å². The first kappa shape index (κ1) is 13.5. The lowest BCUT2D eigenvalue weighted by atomic mass is 10.2. The molecule has 0 saturated heterocycles. The first-order chi connectivity index (χ1) is 7.52. The Morgan fingerprint density at radius 1 is 1.56 bits per heavy atom. The van der Waals surface area contributed by atoms with Crippen molar-refractivity contribution in [2.45, 2.75) is 19.4 Å². The topological polar surface area (TPSA) is 55.1 Å². The number of nitrogens with one attached hydrogen (secondary N) is 1. The molecular formula is C11H14BrClN2O. The van der Waals surface area contributed by atoms with E-state index in [1.165, 1.54) is 0 Å². The van der Waals surface area contributed by atoms with Crippen molar-refractivity contribution in [1.82, 2.24) is 5.32 Å². The minimum atomic E-state index is -0.160. The maximum absolute atomic E-state index is 11.7. The molecule has 1 aromatic carbocycles. The van der Waals surface area contributed by atoms with Crippen LogP contribution < -0.4 is 11.1 Å². The highest BCUT2D eigenvalue weighted by atomic mass is 79.9. The number of rotatable bonds is 4. The van der Waals surface area contributed by atoms with Crippen molar-refractivity contribution >= 4 is 33.4 Å². The molecule has 0 saturated carbocycles.